The van der Waals surface area contributed by atoms with Crippen LogP contribution in [0.5, 0.6) is 0 Å². The summed E-state index contributed by atoms with van der Waals surface area (Å²) >= 11 is 0. The minimum atomic E-state index is -0.461. The summed E-state index contributed by atoms with van der Waals surface area (Å²) in [4.78, 5) is 26.7. The van der Waals surface area contributed by atoms with Crippen molar-refractivity contribution in [3.8, 4) is 0 Å². The molecular weight excluding hydrogens is 264 g/mol. The smallest absolute Gasteiger partial charge is 0.255 e. The number of hydrogen-bond donors (Lipinski definition) is 1. The van der Waals surface area contributed by atoms with Gasteiger partial charge in [-0.3, -0.25) is 9.59 Å². The number of nitrogens with zero attached hydrogens (tertiary/aromatic N) is 1. The van der Waals surface area contributed by atoms with Crippen molar-refractivity contribution < 1.29 is 9.59 Å². The summed E-state index contributed by atoms with van der Waals surface area (Å²) in [5.41, 5.74) is 1.51. The predicted molar refractivity (Wildman–Crippen MR) is 83.0 cm³/mol. The molecule has 21 heavy (non-hydrogen) atoms. The molecule has 4 heteroatoms. The number of carbonyl (C=O) groups is 2. The van der Waals surface area contributed by atoms with E-state index in [1.807, 2.05) is 24.3 Å². The van der Waals surface area contributed by atoms with E-state index in [1.54, 1.807) is 4.90 Å². The second-order valence-corrected chi connectivity index (χ2v) is 5.49. The highest BCUT2D eigenvalue weighted by Gasteiger charge is 2.40. The molecule has 4 nitrogen and oxygen atoms in total. The first kappa shape index (κ1) is 15.5. The lowest BCUT2D eigenvalue weighted by Gasteiger charge is -2.24. The maximum absolute atomic E-state index is 12.5. The minimum Gasteiger partial charge on any atom is -0.354 e. The Bertz CT molecular complexity index is 513. The molecule has 0 fully saturated rings. The Labute approximate surface area is 126 Å². The average molecular weight is 288 g/mol. The molecular formula is C17H24N2O2. The lowest BCUT2D eigenvalue weighted by atomic mass is 10.0. The van der Waals surface area contributed by atoms with Gasteiger partial charge in [0.1, 0.15) is 6.04 Å². The highest BCUT2D eigenvalue weighted by Crippen LogP contribution is 2.33. The van der Waals surface area contributed by atoms with Gasteiger partial charge in [0.05, 0.1) is 0 Å². The quantitative estimate of drug-likeness (QED) is 0.784. The molecule has 0 aliphatic carbocycles. The van der Waals surface area contributed by atoms with E-state index in [0.29, 0.717) is 18.7 Å². The van der Waals surface area contributed by atoms with Crippen molar-refractivity contribution in [1.29, 1.82) is 0 Å². The van der Waals surface area contributed by atoms with Crippen LogP contribution < -0.4 is 5.32 Å². The first-order valence-electron chi connectivity index (χ1n) is 7.88. The van der Waals surface area contributed by atoms with E-state index in [4.69, 9.17) is 0 Å². The fourth-order valence-electron chi connectivity index (χ4n) is 2.70. The monoisotopic (exact) mass is 288 g/mol. The van der Waals surface area contributed by atoms with Gasteiger partial charge in [0.25, 0.3) is 5.91 Å². The Morgan fingerprint density at radius 3 is 2.62 bits per heavy atom. The van der Waals surface area contributed by atoms with Crippen molar-refractivity contribution >= 4 is 11.8 Å². The van der Waals surface area contributed by atoms with Crippen LogP contribution in [0.4, 0.5) is 0 Å². The fourth-order valence-corrected chi connectivity index (χ4v) is 2.70. The van der Waals surface area contributed by atoms with Crippen LogP contribution in [-0.2, 0) is 4.79 Å². The highest BCUT2D eigenvalue weighted by molar-refractivity contribution is 6.04. The molecule has 0 spiro atoms. The Morgan fingerprint density at radius 1 is 1.19 bits per heavy atom. The average Bonchev–Trinajstić information content (AvgIpc) is 2.78. The van der Waals surface area contributed by atoms with Crippen LogP contribution in [0.25, 0.3) is 0 Å². The largest absolute Gasteiger partial charge is 0.354 e. The molecule has 1 N–H and O–H groups in total. The molecule has 0 saturated heterocycles. The van der Waals surface area contributed by atoms with Gasteiger partial charge in [-0.2, -0.15) is 0 Å². The maximum atomic E-state index is 12.5. The number of benzene rings is 1. The summed E-state index contributed by atoms with van der Waals surface area (Å²) in [6, 6.07) is 6.99. The first-order valence-corrected chi connectivity index (χ1v) is 7.88. The molecule has 0 radical (unpaired) electrons. The number of rotatable bonds is 7. The normalized spacial score (nSPS) is 17.0. The molecule has 1 aliphatic rings. The third-order valence-corrected chi connectivity index (χ3v) is 3.89. The molecule has 1 aromatic rings. The van der Waals surface area contributed by atoms with Crippen LogP contribution in [-0.4, -0.2) is 29.8 Å². The van der Waals surface area contributed by atoms with Crippen LogP contribution in [0.1, 0.15) is 61.5 Å². The summed E-state index contributed by atoms with van der Waals surface area (Å²) in [7, 11) is 0. The minimum absolute atomic E-state index is 0.0188. The highest BCUT2D eigenvalue weighted by atomic mass is 16.2. The molecule has 2 rings (SSSR count). The molecule has 114 valence electrons. The van der Waals surface area contributed by atoms with Crippen LogP contribution in [0, 0.1) is 0 Å². The molecule has 0 bridgehead atoms. The SMILES string of the molecule is CCCCNC(=O)C1c2ccccc2C(=O)N1CCCC. The molecule has 1 atom stereocenters. The van der Waals surface area contributed by atoms with Gasteiger partial charge in [0.2, 0.25) is 5.91 Å². The van der Waals surface area contributed by atoms with Gasteiger partial charge in [-0.15, -0.1) is 0 Å². The summed E-state index contributed by atoms with van der Waals surface area (Å²) in [5, 5.41) is 2.96. The van der Waals surface area contributed by atoms with Crippen molar-refractivity contribution in [2.45, 2.75) is 45.6 Å². The third kappa shape index (κ3) is 3.26. The van der Waals surface area contributed by atoms with E-state index in [2.05, 4.69) is 19.2 Å². The van der Waals surface area contributed by atoms with Gasteiger partial charge in [-0.05, 0) is 24.5 Å². The van der Waals surface area contributed by atoms with Crippen molar-refractivity contribution in [3.63, 3.8) is 0 Å². The molecule has 1 aliphatic heterocycles. The van der Waals surface area contributed by atoms with E-state index in [9.17, 15) is 9.59 Å². The topological polar surface area (TPSA) is 49.4 Å². The number of carbonyl (C=O) groups excluding carboxylic acids is 2. The fraction of sp³-hybridized carbons (Fsp3) is 0.529. The number of unbranched alkanes of at least 4 members (excludes halogenated alkanes) is 2. The lowest BCUT2D eigenvalue weighted by Crippen LogP contribution is -2.39. The van der Waals surface area contributed by atoms with Crippen molar-refractivity contribution in [2.24, 2.45) is 0 Å². The van der Waals surface area contributed by atoms with Gasteiger partial charge in [0, 0.05) is 18.7 Å². The second-order valence-electron chi connectivity index (χ2n) is 5.49. The van der Waals surface area contributed by atoms with Crippen molar-refractivity contribution in [3.05, 3.63) is 35.4 Å². The zero-order valence-corrected chi connectivity index (χ0v) is 12.9. The summed E-state index contributed by atoms with van der Waals surface area (Å²) in [6.07, 6.45) is 3.92. The Morgan fingerprint density at radius 2 is 1.90 bits per heavy atom. The van der Waals surface area contributed by atoms with Gasteiger partial charge in [-0.25, -0.2) is 0 Å². The van der Waals surface area contributed by atoms with Gasteiger partial charge >= 0.3 is 0 Å². The molecule has 2 amide bonds. The molecule has 0 aromatic heterocycles. The van der Waals surface area contributed by atoms with E-state index in [0.717, 1.165) is 31.2 Å². The van der Waals surface area contributed by atoms with E-state index in [-0.39, 0.29) is 11.8 Å². The van der Waals surface area contributed by atoms with Gasteiger partial charge < -0.3 is 10.2 Å². The summed E-state index contributed by atoms with van der Waals surface area (Å²) < 4.78 is 0. The zero-order valence-electron chi connectivity index (χ0n) is 12.9. The summed E-state index contributed by atoms with van der Waals surface area (Å²) in [6.45, 7) is 5.48. The van der Waals surface area contributed by atoms with Crippen LogP contribution in [0.3, 0.4) is 0 Å². The number of fused-ring (bicyclic) bond motifs is 1. The number of nitrogens with one attached hydrogen (secondary N) is 1. The van der Waals surface area contributed by atoms with E-state index >= 15 is 0 Å². The Kier molecular flexibility index (Phi) is 5.37. The van der Waals surface area contributed by atoms with Crippen molar-refractivity contribution in [2.75, 3.05) is 13.1 Å². The molecule has 0 saturated carbocycles. The van der Waals surface area contributed by atoms with Gasteiger partial charge in [0.15, 0.2) is 0 Å². The second kappa shape index (κ2) is 7.25. The van der Waals surface area contributed by atoms with Crippen molar-refractivity contribution in [1.82, 2.24) is 10.2 Å². The zero-order chi connectivity index (χ0) is 15.2. The van der Waals surface area contributed by atoms with Crippen LogP contribution >= 0.6 is 0 Å². The van der Waals surface area contributed by atoms with Gasteiger partial charge in [-0.1, -0.05) is 44.9 Å². The van der Waals surface area contributed by atoms with Crippen LogP contribution in [0.2, 0.25) is 0 Å². The first-order chi connectivity index (χ1) is 10.2. The Balaban J connectivity index is 2.20. The van der Waals surface area contributed by atoms with E-state index < -0.39 is 6.04 Å². The number of hydrogen-bond acceptors (Lipinski definition) is 2. The molecule has 1 unspecified atom stereocenters. The number of amides is 2. The van der Waals surface area contributed by atoms with Crippen LogP contribution in [0.15, 0.2) is 24.3 Å². The standard InChI is InChI=1S/C17H24N2O2/c1-3-5-11-18-16(20)15-13-9-7-8-10-14(13)17(21)19(15)12-6-4-2/h7-10,15H,3-6,11-12H2,1-2H3,(H,18,20). The Hall–Kier alpha value is -1.84. The molecule has 1 aromatic carbocycles. The molecule has 1 heterocycles. The summed E-state index contributed by atoms with van der Waals surface area (Å²) in [5.74, 6) is -0.0763. The third-order valence-electron chi connectivity index (χ3n) is 3.89. The predicted octanol–water partition coefficient (Wildman–Crippen LogP) is 2.90. The van der Waals surface area contributed by atoms with E-state index in [1.165, 1.54) is 0 Å². The lowest BCUT2D eigenvalue weighted by molar-refractivity contribution is -0.125. The maximum Gasteiger partial charge on any atom is 0.255 e.